The van der Waals surface area contributed by atoms with Crippen molar-refractivity contribution >= 4 is 11.6 Å². The van der Waals surface area contributed by atoms with E-state index in [0.29, 0.717) is 19.3 Å². The van der Waals surface area contributed by atoms with E-state index < -0.39 is 0 Å². The Morgan fingerprint density at radius 3 is 2.62 bits per heavy atom. The second-order valence-corrected chi connectivity index (χ2v) is 6.20. The average Bonchev–Trinajstić information content (AvgIpc) is 2.43. The molecule has 3 heteroatoms. The molecule has 0 aromatic carbocycles. The van der Waals surface area contributed by atoms with Crippen LogP contribution in [-0.2, 0) is 9.59 Å². The lowest BCUT2D eigenvalue weighted by molar-refractivity contribution is -0.117. The molecule has 1 aliphatic carbocycles. The van der Waals surface area contributed by atoms with Gasteiger partial charge in [0.25, 0.3) is 0 Å². The van der Waals surface area contributed by atoms with Crippen molar-refractivity contribution in [2.45, 2.75) is 53.4 Å². The maximum absolute atomic E-state index is 11.9. The number of aliphatic hydroxyl groups is 1. The Labute approximate surface area is 127 Å². The number of allylic oxidation sites excluding steroid dienone is 5. The standard InChI is InChI=1S/C18H26O3/c1-13(6-5-7-14(2)20)8-9-16-15(3)17(21)10-11-18(16,4)12-19/h6,8-9,19H,5,7,10-12H2,1-4H3/b9-8+,13-6-/t18-/m0/s1. The number of carbonyl (C=O) groups excluding carboxylic acids is 2. The number of carbonyl (C=O) groups is 2. The van der Waals surface area contributed by atoms with E-state index in [-0.39, 0.29) is 23.6 Å². The van der Waals surface area contributed by atoms with Crippen molar-refractivity contribution in [3.8, 4) is 0 Å². The number of ketones is 2. The van der Waals surface area contributed by atoms with Crippen LogP contribution in [0.4, 0.5) is 0 Å². The molecule has 1 rings (SSSR count). The van der Waals surface area contributed by atoms with Gasteiger partial charge in [-0.25, -0.2) is 0 Å². The average molecular weight is 290 g/mol. The van der Waals surface area contributed by atoms with Gasteiger partial charge in [0.15, 0.2) is 5.78 Å². The summed E-state index contributed by atoms with van der Waals surface area (Å²) >= 11 is 0. The van der Waals surface area contributed by atoms with E-state index in [9.17, 15) is 14.7 Å². The van der Waals surface area contributed by atoms with Gasteiger partial charge in [0.2, 0.25) is 0 Å². The van der Waals surface area contributed by atoms with Crippen LogP contribution >= 0.6 is 0 Å². The molecule has 0 aromatic rings. The highest BCUT2D eigenvalue weighted by Gasteiger charge is 2.34. The summed E-state index contributed by atoms with van der Waals surface area (Å²) in [7, 11) is 0. The molecule has 0 saturated carbocycles. The summed E-state index contributed by atoms with van der Waals surface area (Å²) < 4.78 is 0. The van der Waals surface area contributed by atoms with Crippen molar-refractivity contribution < 1.29 is 14.7 Å². The van der Waals surface area contributed by atoms with Gasteiger partial charge < -0.3 is 9.90 Å². The zero-order valence-electron chi connectivity index (χ0n) is 13.5. The highest BCUT2D eigenvalue weighted by atomic mass is 16.3. The summed E-state index contributed by atoms with van der Waals surface area (Å²) in [5.41, 5.74) is 2.41. The minimum Gasteiger partial charge on any atom is -0.395 e. The predicted molar refractivity (Wildman–Crippen MR) is 84.9 cm³/mol. The molecule has 1 aliphatic rings. The third-order valence-electron chi connectivity index (χ3n) is 4.20. The molecule has 0 heterocycles. The molecule has 0 fully saturated rings. The number of rotatable bonds is 6. The monoisotopic (exact) mass is 290 g/mol. The van der Waals surface area contributed by atoms with Gasteiger partial charge in [-0.1, -0.05) is 30.7 Å². The second kappa shape index (κ2) is 7.51. The van der Waals surface area contributed by atoms with Crippen LogP contribution in [0, 0.1) is 5.41 Å². The van der Waals surface area contributed by atoms with Gasteiger partial charge >= 0.3 is 0 Å². The van der Waals surface area contributed by atoms with Gasteiger partial charge in [-0.15, -0.1) is 0 Å². The Bertz CT molecular complexity index is 509. The Hall–Kier alpha value is -1.48. The predicted octanol–water partition coefficient (Wildman–Crippen LogP) is 3.54. The third kappa shape index (κ3) is 4.78. The fourth-order valence-corrected chi connectivity index (χ4v) is 2.59. The van der Waals surface area contributed by atoms with E-state index in [1.54, 1.807) is 6.92 Å². The number of hydrogen-bond acceptors (Lipinski definition) is 3. The molecule has 1 N–H and O–H groups in total. The molecule has 0 radical (unpaired) electrons. The summed E-state index contributed by atoms with van der Waals surface area (Å²) in [5.74, 6) is 0.353. The number of aliphatic hydroxyl groups excluding tert-OH is 1. The third-order valence-corrected chi connectivity index (χ3v) is 4.20. The summed E-state index contributed by atoms with van der Waals surface area (Å²) in [6, 6.07) is 0. The van der Waals surface area contributed by atoms with E-state index in [1.165, 1.54) is 0 Å². The number of Topliss-reactive ketones (excluding diaryl/α,β-unsaturated/α-hetero) is 2. The van der Waals surface area contributed by atoms with Crippen LogP contribution in [0.3, 0.4) is 0 Å². The van der Waals surface area contributed by atoms with Crippen LogP contribution in [0.15, 0.2) is 34.9 Å². The quantitative estimate of drug-likeness (QED) is 0.761. The molecular weight excluding hydrogens is 264 g/mol. The molecule has 0 spiro atoms. The first kappa shape index (κ1) is 17.6. The van der Waals surface area contributed by atoms with Crippen LogP contribution in [0.25, 0.3) is 0 Å². The van der Waals surface area contributed by atoms with Crippen LogP contribution in [0.1, 0.15) is 53.4 Å². The fourth-order valence-electron chi connectivity index (χ4n) is 2.59. The van der Waals surface area contributed by atoms with Gasteiger partial charge in [0, 0.05) is 18.3 Å². The lowest BCUT2D eigenvalue weighted by Crippen LogP contribution is -2.30. The van der Waals surface area contributed by atoms with E-state index in [4.69, 9.17) is 0 Å². The Kier molecular flexibility index (Phi) is 6.28. The lowest BCUT2D eigenvalue weighted by Gasteiger charge is -2.34. The maximum atomic E-state index is 11.9. The van der Waals surface area contributed by atoms with E-state index in [0.717, 1.165) is 23.1 Å². The van der Waals surface area contributed by atoms with E-state index in [2.05, 4.69) is 0 Å². The minimum absolute atomic E-state index is 0.0460. The normalized spacial score (nSPS) is 24.0. The topological polar surface area (TPSA) is 54.4 Å². The van der Waals surface area contributed by atoms with Crippen LogP contribution in [0.5, 0.6) is 0 Å². The van der Waals surface area contributed by atoms with Gasteiger partial charge in [-0.2, -0.15) is 0 Å². The van der Waals surface area contributed by atoms with E-state index in [1.807, 2.05) is 39.0 Å². The minimum atomic E-state index is -0.339. The molecule has 0 aliphatic heterocycles. The molecule has 0 amide bonds. The highest BCUT2D eigenvalue weighted by molar-refractivity contribution is 5.97. The molecule has 21 heavy (non-hydrogen) atoms. The SMILES string of the molecule is CC(=O)CC/C=C(C)\C=C\C1=C(C)C(=O)CC[C@@]1(C)CO. The van der Waals surface area contributed by atoms with Crippen molar-refractivity contribution in [2.24, 2.45) is 5.41 Å². The van der Waals surface area contributed by atoms with Crippen molar-refractivity contribution in [3.63, 3.8) is 0 Å². The summed E-state index contributed by atoms with van der Waals surface area (Å²) in [6.45, 7) is 7.45. The summed E-state index contributed by atoms with van der Waals surface area (Å²) in [5, 5.41) is 9.66. The Morgan fingerprint density at radius 1 is 1.38 bits per heavy atom. The summed E-state index contributed by atoms with van der Waals surface area (Å²) in [6.07, 6.45) is 8.42. The Morgan fingerprint density at radius 2 is 2.05 bits per heavy atom. The smallest absolute Gasteiger partial charge is 0.158 e. The molecular formula is C18H26O3. The van der Waals surface area contributed by atoms with Gasteiger partial charge in [-0.3, -0.25) is 4.79 Å². The molecule has 3 nitrogen and oxygen atoms in total. The first-order valence-electron chi connectivity index (χ1n) is 7.50. The van der Waals surface area contributed by atoms with Crippen molar-refractivity contribution in [1.29, 1.82) is 0 Å². The molecule has 116 valence electrons. The molecule has 0 saturated heterocycles. The Balaban J connectivity index is 2.91. The van der Waals surface area contributed by atoms with Crippen molar-refractivity contribution in [1.82, 2.24) is 0 Å². The van der Waals surface area contributed by atoms with Gasteiger partial charge in [0.05, 0.1) is 6.61 Å². The molecule has 1 atom stereocenters. The largest absolute Gasteiger partial charge is 0.395 e. The van der Waals surface area contributed by atoms with E-state index >= 15 is 0 Å². The molecule has 0 bridgehead atoms. The first-order valence-corrected chi connectivity index (χ1v) is 7.50. The zero-order chi connectivity index (χ0) is 16.0. The highest BCUT2D eigenvalue weighted by Crippen LogP contribution is 2.39. The van der Waals surface area contributed by atoms with Gasteiger partial charge in [0.1, 0.15) is 5.78 Å². The molecule has 0 aromatic heterocycles. The van der Waals surface area contributed by atoms with Crippen LogP contribution in [0.2, 0.25) is 0 Å². The zero-order valence-corrected chi connectivity index (χ0v) is 13.5. The first-order chi connectivity index (χ1) is 9.80. The van der Waals surface area contributed by atoms with Crippen LogP contribution < -0.4 is 0 Å². The number of hydrogen-bond donors (Lipinski definition) is 1. The van der Waals surface area contributed by atoms with Gasteiger partial charge in [-0.05, 0) is 44.8 Å². The van der Waals surface area contributed by atoms with Crippen molar-refractivity contribution in [3.05, 3.63) is 34.9 Å². The molecule has 0 unspecified atom stereocenters. The lowest BCUT2D eigenvalue weighted by atomic mass is 9.71. The fraction of sp³-hybridized carbons (Fsp3) is 0.556. The van der Waals surface area contributed by atoms with Crippen molar-refractivity contribution in [2.75, 3.05) is 6.61 Å². The second-order valence-electron chi connectivity index (χ2n) is 6.20. The van der Waals surface area contributed by atoms with Crippen LogP contribution in [-0.4, -0.2) is 23.3 Å². The maximum Gasteiger partial charge on any atom is 0.158 e. The summed E-state index contributed by atoms with van der Waals surface area (Å²) in [4.78, 5) is 22.8.